The van der Waals surface area contributed by atoms with Crippen molar-refractivity contribution in [3.05, 3.63) is 59.7 Å². The van der Waals surface area contributed by atoms with Crippen molar-refractivity contribution < 1.29 is 19.0 Å². The molecule has 5 heteroatoms. The number of ether oxygens (including phenoxy) is 3. The molecule has 1 aliphatic rings. The predicted octanol–water partition coefficient (Wildman–Crippen LogP) is 3.44. The summed E-state index contributed by atoms with van der Waals surface area (Å²) in [4.78, 5) is 14.7. The second-order valence-electron chi connectivity index (χ2n) is 5.96. The number of rotatable bonds is 6. The molecule has 0 saturated carbocycles. The zero-order chi connectivity index (χ0) is 18.4. The lowest BCUT2D eigenvalue weighted by Crippen LogP contribution is -2.36. The van der Waals surface area contributed by atoms with Crippen molar-refractivity contribution in [2.24, 2.45) is 0 Å². The lowest BCUT2D eigenvalue weighted by Gasteiger charge is -2.28. The molecule has 0 radical (unpaired) electrons. The van der Waals surface area contributed by atoms with E-state index in [0.717, 1.165) is 37.6 Å². The van der Waals surface area contributed by atoms with Gasteiger partial charge in [0.15, 0.2) is 17.3 Å². The van der Waals surface area contributed by atoms with E-state index in [-0.39, 0.29) is 5.78 Å². The van der Waals surface area contributed by atoms with Crippen LogP contribution >= 0.6 is 0 Å². The summed E-state index contributed by atoms with van der Waals surface area (Å²) >= 11 is 0. The standard InChI is InChI=1S/C21H23NO4/c1-24-20-10-4-16(15-21(20)25-2)3-9-19(23)17-5-7-18(8-6-17)22-11-13-26-14-12-22/h3-10,15H,11-14H2,1-2H3/b9-3+. The first-order valence-electron chi connectivity index (χ1n) is 8.58. The maximum Gasteiger partial charge on any atom is 0.185 e. The molecule has 0 unspecified atom stereocenters. The first kappa shape index (κ1) is 18.0. The molecular weight excluding hydrogens is 330 g/mol. The Hall–Kier alpha value is -2.79. The number of allylic oxidation sites excluding steroid dienone is 1. The van der Waals surface area contributed by atoms with Gasteiger partial charge in [0.05, 0.1) is 27.4 Å². The normalized spacial score (nSPS) is 14.5. The van der Waals surface area contributed by atoms with Crippen LogP contribution in [0.2, 0.25) is 0 Å². The highest BCUT2D eigenvalue weighted by molar-refractivity contribution is 6.07. The van der Waals surface area contributed by atoms with Crippen molar-refractivity contribution in [3.63, 3.8) is 0 Å². The summed E-state index contributed by atoms with van der Waals surface area (Å²) in [5.74, 6) is 1.26. The van der Waals surface area contributed by atoms with Crippen LogP contribution in [0.5, 0.6) is 11.5 Å². The molecule has 1 heterocycles. The van der Waals surface area contributed by atoms with E-state index >= 15 is 0 Å². The molecule has 0 bridgehead atoms. The maximum absolute atomic E-state index is 12.4. The minimum absolute atomic E-state index is 0.0340. The smallest absolute Gasteiger partial charge is 0.185 e. The highest BCUT2D eigenvalue weighted by atomic mass is 16.5. The molecule has 0 N–H and O–H groups in total. The van der Waals surface area contributed by atoms with Crippen LogP contribution in [0.15, 0.2) is 48.5 Å². The van der Waals surface area contributed by atoms with Crippen molar-refractivity contribution in [1.29, 1.82) is 0 Å². The molecule has 26 heavy (non-hydrogen) atoms. The average molecular weight is 353 g/mol. The minimum atomic E-state index is -0.0340. The van der Waals surface area contributed by atoms with Crippen LogP contribution in [-0.4, -0.2) is 46.3 Å². The number of hydrogen-bond acceptors (Lipinski definition) is 5. The Kier molecular flexibility index (Phi) is 5.92. The number of carbonyl (C=O) groups is 1. The van der Waals surface area contributed by atoms with Gasteiger partial charge in [-0.3, -0.25) is 4.79 Å². The lowest BCUT2D eigenvalue weighted by molar-refractivity contribution is 0.104. The van der Waals surface area contributed by atoms with E-state index in [4.69, 9.17) is 14.2 Å². The van der Waals surface area contributed by atoms with Gasteiger partial charge in [0.25, 0.3) is 0 Å². The van der Waals surface area contributed by atoms with E-state index < -0.39 is 0 Å². The Bertz CT molecular complexity index is 777. The van der Waals surface area contributed by atoms with Crippen LogP contribution in [0.3, 0.4) is 0 Å². The summed E-state index contributed by atoms with van der Waals surface area (Å²) < 4.78 is 15.9. The first-order chi connectivity index (χ1) is 12.7. The SMILES string of the molecule is COc1ccc(/C=C/C(=O)c2ccc(N3CCOCC3)cc2)cc1OC. The van der Waals surface area contributed by atoms with Gasteiger partial charge in [-0.2, -0.15) is 0 Å². The van der Waals surface area contributed by atoms with E-state index in [9.17, 15) is 4.79 Å². The molecule has 0 aliphatic carbocycles. The molecule has 2 aromatic rings. The van der Waals surface area contributed by atoms with Gasteiger partial charge >= 0.3 is 0 Å². The van der Waals surface area contributed by atoms with Gasteiger partial charge in [-0.1, -0.05) is 12.1 Å². The van der Waals surface area contributed by atoms with Crippen molar-refractivity contribution in [2.75, 3.05) is 45.4 Å². The zero-order valence-corrected chi connectivity index (χ0v) is 15.1. The van der Waals surface area contributed by atoms with Gasteiger partial charge in [0.2, 0.25) is 0 Å². The molecule has 3 rings (SSSR count). The van der Waals surface area contributed by atoms with Crippen LogP contribution in [0.4, 0.5) is 5.69 Å². The summed E-state index contributed by atoms with van der Waals surface area (Å²) in [5, 5.41) is 0. The maximum atomic E-state index is 12.4. The van der Waals surface area contributed by atoms with Crippen LogP contribution in [0.1, 0.15) is 15.9 Å². The molecular formula is C21H23NO4. The number of benzene rings is 2. The highest BCUT2D eigenvalue weighted by Crippen LogP contribution is 2.28. The molecule has 0 amide bonds. The molecule has 5 nitrogen and oxygen atoms in total. The molecule has 2 aromatic carbocycles. The molecule has 1 aliphatic heterocycles. The van der Waals surface area contributed by atoms with E-state index in [1.165, 1.54) is 0 Å². The van der Waals surface area contributed by atoms with Gasteiger partial charge in [-0.15, -0.1) is 0 Å². The molecule has 1 fully saturated rings. The zero-order valence-electron chi connectivity index (χ0n) is 15.1. The van der Waals surface area contributed by atoms with Crippen LogP contribution in [0, 0.1) is 0 Å². The van der Waals surface area contributed by atoms with Gasteiger partial charge in [-0.05, 0) is 48.0 Å². The van der Waals surface area contributed by atoms with Crippen molar-refractivity contribution >= 4 is 17.5 Å². The number of nitrogens with zero attached hydrogens (tertiary/aromatic N) is 1. The third kappa shape index (κ3) is 4.24. The fraction of sp³-hybridized carbons (Fsp3) is 0.286. The van der Waals surface area contributed by atoms with E-state index in [2.05, 4.69) is 4.90 Å². The molecule has 0 atom stereocenters. The Morgan fingerprint density at radius 3 is 2.35 bits per heavy atom. The second kappa shape index (κ2) is 8.54. The van der Waals surface area contributed by atoms with Crippen molar-refractivity contribution in [3.8, 4) is 11.5 Å². The molecule has 0 spiro atoms. The Morgan fingerprint density at radius 2 is 1.69 bits per heavy atom. The fourth-order valence-corrected chi connectivity index (χ4v) is 2.88. The number of hydrogen-bond donors (Lipinski definition) is 0. The average Bonchev–Trinajstić information content (AvgIpc) is 2.72. The van der Waals surface area contributed by atoms with Gasteiger partial charge in [0.1, 0.15) is 0 Å². The topological polar surface area (TPSA) is 48.0 Å². The van der Waals surface area contributed by atoms with E-state index in [0.29, 0.717) is 17.1 Å². The Morgan fingerprint density at radius 1 is 1.00 bits per heavy atom. The number of methoxy groups -OCH3 is 2. The minimum Gasteiger partial charge on any atom is -0.493 e. The highest BCUT2D eigenvalue weighted by Gasteiger charge is 2.11. The lowest BCUT2D eigenvalue weighted by atomic mass is 10.1. The summed E-state index contributed by atoms with van der Waals surface area (Å²) in [6.45, 7) is 3.25. The quantitative estimate of drug-likeness (QED) is 0.588. The largest absolute Gasteiger partial charge is 0.493 e. The second-order valence-corrected chi connectivity index (χ2v) is 5.96. The molecule has 0 aromatic heterocycles. The summed E-state index contributed by atoms with van der Waals surface area (Å²) in [6, 6.07) is 13.3. The van der Waals surface area contributed by atoms with Crippen LogP contribution in [-0.2, 0) is 4.74 Å². The summed E-state index contributed by atoms with van der Waals surface area (Å²) in [7, 11) is 3.18. The van der Waals surface area contributed by atoms with E-state index in [1.54, 1.807) is 26.4 Å². The number of morpholine rings is 1. The molecule has 1 saturated heterocycles. The number of anilines is 1. The number of ketones is 1. The third-order valence-electron chi connectivity index (χ3n) is 4.36. The van der Waals surface area contributed by atoms with Gasteiger partial charge in [0, 0.05) is 24.3 Å². The van der Waals surface area contributed by atoms with Gasteiger partial charge in [-0.25, -0.2) is 0 Å². The van der Waals surface area contributed by atoms with Gasteiger partial charge < -0.3 is 19.1 Å². The number of carbonyl (C=O) groups excluding carboxylic acids is 1. The molecule has 136 valence electrons. The van der Waals surface area contributed by atoms with Crippen LogP contribution < -0.4 is 14.4 Å². The Labute approximate surface area is 153 Å². The third-order valence-corrected chi connectivity index (χ3v) is 4.36. The van der Waals surface area contributed by atoms with Crippen molar-refractivity contribution in [1.82, 2.24) is 0 Å². The summed E-state index contributed by atoms with van der Waals surface area (Å²) in [6.07, 6.45) is 3.35. The van der Waals surface area contributed by atoms with Crippen LogP contribution in [0.25, 0.3) is 6.08 Å². The first-order valence-corrected chi connectivity index (χ1v) is 8.58. The summed E-state index contributed by atoms with van der Waals surface area (Å²) in [5.41, 5.74) is 2.66. The van der Waals surface area contributed by atoms with E-state index in [1.807, 2.05) is 42.5 Å². The fourth-order valence-electron chi connectivity index (χ4n) is 2.88. The Balaban J connectivity index is 1.68. The monoisotopic (exact) mass is 353 g/mol. The predicted molar refractivity (Wildman–Crippen MR) is 102 cm³/mol. The van der Waals surface area contributed by atoms with Crippen molar-refractivity contribution in [2.45, 2.75) is 0 Å².